The van der Waals surface area contributed by atoms with E-state index < -0.39 is 5.41 Å². The van der Waals surface area contributed by atoms with Crippen LogP contribution in [0.5, 0.6) is 0 Å². The topological polar surface area (TPSA) is 43.4 Å². The van der Waals surface area contributed by atoms with Gasteiger partial charge in [-0.2, -0.15) is 0 Å². The molecule has 0 aliphatic heterocycles. The summed E-state index contributed by atoms with van der Waals surface area (Å²) in [5.41, 5.74) is -0.521. The summed E-state index contributed by atoms with van der Waals surface area (Å²) in [6.45, 7) is 3.62. The second-order valence-corrected chi connectivity index (χ2v) is 3.76. The molecule has 0 spiro atoms. The summed E-state index contributed by atoms with van der Waals surface area (Å²) >= 11 is 0. The normalized spacial score (nSPS) is 27.2. The average Bonchev–Trinajstić information content (AvgIpc) is 2.27. The molecule has 0 N–H and O–H groups in total. The van der Waals surface area contributed by atoms with Gasteiger partial charge in [0.2, 0.25) is 0 Å². The van der Waals surface area contributed by atoms with E-state index in [1.165, 1.54) is 7.11 Å². The molecule has 1 saturated carbocycles. The van der Waals surface area contributed by atoms with Crippen LogP contribution in [0.3, 0.4) is 0 Å². The monoisotopic (exact) mass is 170 g/mol. The third-order valence-electron chi connectivity index (χ3n) is 2.74. The van der Waals surface area contributed by atoms with Crippen LogP contribution in [-0.4, -0.2) is 18.9 Å². The van der Waals surface area contributed by atoms with E-state index >= 15 is 0 Å². The van der Waals surface area contributed by atoms with Crippen LogP contribution in [0, 0.1) is 11.3 Å². The molecule has 0 aromatic rings. The molecule has 0 amide bonds. The van der Waals surface area contributed by atoms with E-state index in [1.807, 2.05) is 13.8 Å². The zero-order chi connectivity index (χ0) is 9.35. The van der Waals surface area contributed by atoms with Crippen molar-refractivity contribution in [2.24, 2.45) is 11.3 Å². The lowest BCUT2D eigenvalue weighted by Gasteiger charge is -2.22. The quantitative estimate of drug-likeness (QED) is 0.555. The third kappa shape index (κ3) is 1.24. The van der Waals surface area contributed by atoms with Crippen LogP contribution < -0.4 is 0 Å². The molecule has 0 saturated heterocycles. The third-order valence-corrected chi connectivity index (χ3v) is 2.74. The van der Waals surface area contributed by atoms with Crippen molar-refractivity contribution < 1.29 is 14.3 Å². The minimum Gasteiger partial charge on any atom is -0.469 e. The van der Waals surface area contributed by atoms with E-state index in [0.29, 0.717) is 12.8 Å². The molecule has 1 aliphatic carbocycles. The molecule has 0 aromatic carbocycles. The van der Waals surface area contributed by atoms with Gasteiger partial charge in [-0.05, 0) is 6.42 Å². The van der Waals surface area contributed by atoms with Crippen LogP contribution in [0.15, 0.2) is 0 Å². The minimum atomic E-state index is -0.521. The molecule has 0 radical (unpaired) electrons. The Kier molecular flexibility index (Phi) is 2.22. The van der Waals surface area contributed by atoms with E-state index in [0.717, 1.165) is 0 Å². The predicted molar refractivity (Wildman–Crippen MR) is 43.5 cm³/mol. The van der Waals surface area contributed by atoms with Crippen molar-refractivity contribution in [2.45, 2.75) is 26.7 Å². The zero-order valence-corrected chi connectivity index (χ0v) is 7.72. The Bertz CT molecular complexity index is 218. The highest BCUT2D eigenvalue weighted by atomic mass is 16.5. The lowest BCUT2D eigenvalue weighted by molar-refractivity contribution is -0.150. The highest BCUT2D eigenvalue weighted by Gasteiger charge is 2.46. The summed E-state index contributed by atoms with van der Waals surface area (Å²) < 4.78 is 4.63. The SMILES string of the molecule is COC(=O)C1CCC(=O)C1(C)C. The number of ketones is 1. The number of carbonyl (C=O) groups is 2. The van der Waals surface area contributed by atoms with Crippen LogP contribution in [0.1, 0.15) is 26.7 Å². The number of methoxy groups -OCH3 is 1. The number of hydrogen-bond acceptors (Lipinski definition) is 3. The first kappa shape index (κ1) is 9.23. The number of ether oxygens (including phenoxy) is 1. The average molecular weight is 170 g/mol. The van der Waals surface area contributed by atoms with Crippen molar-refractivity contribution in [1.82, 2.24) is 0 Å². The molecular weight excluding hydrogens is 156 g/mol. The van der Waals surface area contributed by atoms with Crippen LogP contribution in [0.25, 0.3) is 0 Å². The van der Waals surface area contributed by atoms with Crippen LogP contribution >= 0.6 is 0 Å². The fourth-order valence-electron chi connectivity index (χ4n) is 1.71. The molecule has 3 heteroatoms. The fraction of sp³-hybridized carbons (Fsp3) is 0.778. The van der Waals surface area contributed by atoms with Crippen molar-refractivity contribution in [1.29, 1.82) is 0 Å². The van der Waals surface area contributed by atoms with Crippen molar-refractivity contribution in [3.8, 4) is 0 Å². The standard InChI is InChI=1S/C9H14O3/c1-9(2)6(8(11)12-3)4-5-7(9)10/h6H,4-5H2,1-3H3. The Morgan fingerprint density at radius 1 is 1.58 bits per heavy atom. The molecule has 0 bridgehead atoms. The van der Waals surface area contributed by atoms with E-state index in [9.17, 15) is 9.59 Å². The summed E-state index contributed by atoms with van der Waals surface area (Å²) in [5.74, 6) is -0.334. The smallest absolute Gasteiger partial charge is 0.309 e. The highest BCUT2D eigenvalue weighted by Crippen LogP contribution is 2.40. The first-order valence-corrected chi connectivity index (χ1v) is 4.11. The van der Waals surface area contributed by atoms with Gasteiger partial charge in [0.05, 0.1) is 13.0 Å². The second kappa shape index (κ2) is 2.88. The molecule has 1 fully saturated rings. The highest BCUT2D eigenvalue weighted by molar-refractivity contribution is 5.92. The first-order chi connectivity index (χ1) is 5.50. The van der Waals surface area contributed by atoms with Crippen molar-refractivity contribution in [3.63, 3.8) is 0 Å². The van der Waals surface area contributed by atoms with Crippen molar-refractivity contribution >= 4 is 11.8 Å². The maximum atomic E-state index is 11.3. The summed E-state index contributed by atoms with van der Waals surface area (Å²) in [5, 5.41) is 0. The van der Waals surface area contributed by atoms with Gasteiger partial charge >= 0.3 is 5.97 Å². The largest absolute Gasteiger partial charge is 0.469 e. The van der Waals surface area contributed by atoms with Gasteiger partial charge in [-0.1, -0.05) is 13.8 Å². The van der Waals surface area contributed by atoms with Gasteiger partial charge in [0.1, 0.15) is 5.78 Å². The van der Waals surface area contributed by atoms with Crippen LogP contribution in [0.4, 0.5) is 0 Å². The lowest BCUT2D eigenvalue weighted by Crippen LogP contribution is -2.31. The number of Topliss-reactive ketones (excluding diaryl/α,β-unsaturated/α-hetero) is 1. The van der Waals surface area contributed by atoms with Crippen LogP contribution in [-0.2, 0) is 14.3 Å². The number of esters is 1. The van der Waals surface area contributed by atoms with Crippen molar-refractivity contribution in [3.05, 3.63) is 0 Å². The molecule has 1 aliphatic rings. The van der Waals surface area contributed by atoms with E-state index in [4.69, 9.17) is 0 Å². The zero-order valence-electron chi connectivity index (χ0n) is 7.72. The Hall–Kier alpha value is -0.860. The predicted octanol–water partition coefficient (Wildman–Crippen LogP) is 1.16. The van der Waals surface area contributed by atoms with E-state index in [1.54, 1.807) is 0 Å². The molecule has 1 rings (SSSR count). The Labute approximate surface area is 72.1 Å². The number of carbonyl (C=O) groups excluding carboxylic acids is 2. The Morgan fingerprint density at radius 2 is 2.17 bits per heavy atom. The summed E-state index contributed by atoms with van der Waals surface area (Å²) in [4.78, 5) is 22.5. The maximum Gasteiger partial charge on any atom is 0.309 e. The first-order valence-electron chi connectivity index (χ1n) is 4.11. The minimum absolute atomic E-state index is 0.165. The summed E-state index contributed by atoms with van der Waals surface area (Å²) in [7, 11) is 1.36. The summed E-state index contributed by atoms with van der Waals surface area (Å²) in [6.07, 6.45) is 1.14. The van der Waals surface area contributed by atoms with Gasteiger partial charge in [-0.25, -0.2) is 0 Å². The van der Waals surface area contributed by atoms with Gasteiger partial charge < -0.3 is 4.74 Å². The van der Waals surface area contributed by atoms with Gasteiger partial charge in [-0.15, -0.1) is 0 Å². The van der Waals surface area contributed by atoms with Gasteiger partial charge in [-0.3, -0.25) is 9.59 Å². The molecule has 3 nitrogen and oxygen atoms in total. The molecule has 12 heavy (non-hydrogen) atoms. The van der Waals surface area contributed by atoms with Gasteiger partial charge in [0, 0.05) is 11.8 Å². The molecule has 68 valence electrons. The molecule has 1 unspecified atom stereocenters. The maximum absolute atomic E-state index is 11.3. The van der Waals surface area contributed by atoms with Gasteiger partial charge in [0.15, 0.2) is 0 Å². The fourth-order valence-corrected chi connectivity index (χ4v) is 1.71. The Balaban J connectivity index is 2.81. The number of hydrogen-bond donors (Lipinski definition) is 0. The van der Waals surface area contributed by atoms with Crippen molar-refractivity contribution in [2.75, 3.05) is 7.11 Å². The molecule has 1 atom stereocenters. The van der Waals surface area contributed by atoms with Crippen LogP contribution in [0.2, 0.25) is 0 Å². The van der Waals surface area contributed by atoms with E-state index in [2.05, 4.69) is 4.74 Å². The van der Waals surface area contributed by atoms with Gasteiger partial charge in [0.25, 0.3) is 0 Å². The van der Waals surface area contributed by atoms with E-state index in [-0.39, 0.29) is 17.7 Å². The second-order valence-electron chi connectivity index (χ2n) is 3.76. The number of rotatable bonds is 1. The molecule has 0 heterocycles. The lowest BCUT2D eigenvalue weighted by atomic mass is 9.81. The molecular formula is C9H14O3. The molecule has 0 aromatic heterocycles. The Morgan fingerprint density at radius 3 is 2.50 bits per heavy atom. The summed E-state index contributed by atoms with van der Waals surface area (Å²) in [6, 6.07) is 0.